The van der Waals surface area contributed by atoms with Gasteiger partial charge < -0.3 is 10.8 Å². The van der Waals surface area contributed by atoms with E-state index in [0.29, 0.717) is 6.42 Å². The fraction of sp³-hybridized carbons (Fsp3) is 0.667. The van der Waals surface area contributed by atoms with E-state index in [4.69, 9.17) is 10.8 Å². The predicted molar refractivity (Wildman–Crippen MR) is 63.8 cm³/mol. The number of aromatic nitrogens is 2. The Labute approximate surface area is 101 Å². The first-order valence-electron chi connectivity index (χ1n) is 6.11. The van der Waals surface area contributed by atoms with Crippen LogP contribution in [0.1, 0.15) is 36.2 Å². The highest BCUT2D eigenvalue weighted by atomic mass is 16.4. The summed E-state index contributed by atoms with van der Waals surface area (Å²) in [5, 5.41) is 13.3. The second-order valence-corrected chi connectivity index (χ2v) is 4.71. The standard InChI is InChI=1S/C12H19N3O2/c1-15-11-6-4-2-3-5-8(11)10(14-15)7-9(13)12(16)17/h9H,2-7,13H2,1H3,(H,16,17)/t9-/m0/s1. The van der Waals surface area contributed by atoms with Gasteiger partial charge in [-0.05, 0) is 31.2 Å². The largest absolute Gasteiger partial charge is 0.480 e. The van der Waals surface area contributed by atoms with E-state index in [1.54, 1.807) is 0 Å². The van der Waals surface area contributed by atoms with Crippen molar-refractivity contribution in [3.05, 3.63) is 17.0 Å². The van der Waals surface area contributed by atoms with Crippen molar-refractivity contribution in [1.82, 2.24) is 9.78 Å². The molecule has 0 fully saturated rings. The van der Waals surface area contributed by atoms with Crippen molar-refractivity contribution in [3.8, 4) is 0 Å². The molecule has 1 aromatic rings. The van der Waals surface area contributed by atoms with E-state index in [2.05, 4.69) is 5.10 Å². The molecule has 0 unspecified atom stereocenters. The minimum absolute atomic E-state index is 0.332. The molecular weight excluding hydrogens is 218 g/mol. The van der Waals surface area contributed by atoms with Gasteiger partial charge in [-0.1, -0.05) is 6.42 Å². The molecule has 5 nitrogen and oxygen atoms in total. The zero-order valence-corrected chi connectivity index (χ0v) is 10.1. The zero-order valence-electron chi connectivity index (χ0n) is 10.1. The number of hydrogen-bond acceptors (Lipinski definition) is 3. The lowest BCUT2D eigenvalue weighted by atomic mass is 10.0. The molecular formula is C12H19N3O2. The minimum Gasteiger partial charge on any atom is -0.480 e. The Kier molecular flexibility index (Phi) is 3.47. The number of carboxylic acid groups (broad SMARTS) is 1. The van der Waals surface area contributed by atoms with Crippen molar-refractivity contribution >= 4 is 5.97 Å². The summed E-state index contributed by atoms with van der Waals surface area (Å²) < 4.78 is 1.89. The maximum Gasteiger partial charge on any atom is 0.320 e. The Morgan fingerprint density at radius 1 is 1.47 bits per heavy atom. The summed E-state index contributed by atoms with van der Waals surface area (Å²) in [6.07, 6.45) is 5.97. The monoisotopic (exact) mass is 237 g/mol. The number of fused-ring (bicyclic) bond motifs is 1. The lowest BCUT2D eigenvalue weighted by Gasteiger charge is -2.05. The fourth-order valence-corrected chi connectivity index (χ4v) is 2.50. The van der Waals surface area contributed by atoms with Crippen molar-refractivity contribution in [3.63, 3.8) is 0 Å². The van der Waals surface area contributed by atoms with Crippen LogP contribution in [0.5, 0.6) is 0 Å². The van der Waals surface area contributed by atoms with Gasteiger partial charge in [-0.2, -0.15) is 5.10 Å². The maximum atomic E-state index is 10.8. The quantitative estimate of drug-likeness (QED) is 0.756. The Balaban J connectivity index is 2.26. The van der Waals surface area contributed by atoms with E-state index < -0.39 is 12.0 Å². The second kappa shape index (κ2) is 4.87. The summed E-state index contributed by atoms with van der Waals surface area (Å²) in [5.74, 6) is -0.960. The molecule has 5 heteroatoms. The minimum atomic E-state index is -0.960. The van der Waals surface area contributed by atoms with Crippen LogP contribution in [0.25, 0.3) is 0 Å². The molecule has 0 amide bonds. The third-order valence-electron chi connectivity index (χ3n) is 3.43. The van der Waals surface area contributed by atoms with Crippen LogP contribution in [0.4, 0.5) is 0 Å². The normalized spacial score (nSPS) is 17.3. The van der Waals surface area contributed by atoms with Crippen LogP contribution >= 0.6 is 0 Å². The van der Waals surface area contributed by atoms with Crippen LogP contribution in [0.15, 0.2) is 0 Å². The molecule has 1 aliphatic rings. The van der Waals surface area contributed by atoms with Crippen LogP contribution in [-0.2, 0) is 31.1 Å². The van der Waals surface area contributed by atoms with Gasteiger partial charge in [0.05, 0.1) is 5.69 Å². The summed E-state index contributed by atoms with van der Waals surface area (Å²) in [5.41, 5.74) is 8.95. The van der Waals surface area contributed by atoms with Crippen LogP contribution in [-0.4, -0.2) is 26.9 Å². The molecule has 0 radical (unpaired) electrons. The van der Waals surface area contributed by atoms with E-state index >= 15 is 0 Å². The summed E-state index contributed by atoms with van der Waals surface area (Å²) in [7, 11) is 1.93. The smallest absolute Gasteiger partial charge is 0.320 e. The highest BCUT2D eigenvalue weighted by Gasteiger charge is 2.21. The van der Waals surface area contributed by atoms with Crippen molar-refractivity contribution in [1.29, 1.82) is 0 Å². The topological polar surface area (TPSA) is 81.1 Å². The number of rotatable bonds is 3. The number of aliphatic carboxylic acids is 1. The van der Waals surface area contributed by atoms with Crippen molar-refractivity contribution in [2.24, 2.45) is 12.8 Å². The fourth-order valence-electron chi connectivity index (χ4n) is 2.50. The molecule has 1 aliphatic carbocycles. The molecule has 17 heavy (non-hydrogen) atoms. The molecule has 1 heterocycles. The van der Waals surface area contributed by atoms with Gasteiger partial charge in [0.15, 0.2) is 0 Å². The first kappa shape index (κ1) is 12.1. The molecule has 1 aromatic heterocycles. The highest BCUT2D eigenvalue weighted by molar-refractivity contribution is 5.73. The first-order valence-corrected chi connectivity index (χ1v) is 6.11. The lowest BCUT2D eigenvalue weighted by molar-refractivity contribution is -0.138. The third kappa shape index (κ3) is 2.49. The Hall–Kier alpha value is -1.36. The third-order valence-corrected chi connectivity index (χ3v) is 3.43. The zero-order chi connectivity index (χ0) is 12.4. The number of nitrogens with zero attached hydrogens (tertiary/aromatic N) is 2. The Bertz CT molecular complexity index is 426. The lowest BCUT2D eigenvalue weighted by Crippen LogP contribution is -2.32. The van der Waals surface area contributed by atoms with E-state index in [0.717, 1.165) is 25.0 Å². The molecule has 0 bridgehead atoms. The molecule has 0 aromatic carbocycles. The van der Waals surface area contributed by atoms with Crippen LogP contribution < -0.4 is 5.73 Å². The number of nitrogens with two attached hydrogens (primary N) is 1. The van der Waals surface area contributed by atoms with Crippen LogP contribution in [0, 0.1) is 0 Å². The highest BCUT2D eigenvalue weighted by Crippen LogP contribution is 2.23. The summed E-state index contributed by atoms with van der Waals surface area (Å²) >= 11 is 0. The predicted octanol–water partition coefficient (Wildman–Crippen LogP) is 0.643. The average molecular weight is 237 g/mol. The van der Waals surface area contributed by atoms with Gasteiger partial charge in [0.1, 0.15) is 6.04 Å². The number of hydrogen-bond donors (Lipinski definition) is 2. The molecule has 0 aliphatic heterocycles. The van der Waals surface area contributed by atoms with Crippen LogP contribution in [0.2, 0.25) is 0 Å². The molecule has 94 valence electrons. The van der Waals surface area contributed by atoms with Crippen molar-refractivity contribution < 1.29 is 9.90 Å². The van der Waals surface area contributed by atoms with Crippen molar-refractivity contribution in [2.75, 3.05) is 0 Å². The van der Waals surface area contributed by atoms with Gasteiger partial charge in [-0.15, -0.1) is 0 Å². The van der Waals surface area contributed by atoms with Gasteiger partial charge in [0.25, 0.3) is 0 Å². The first-order chi connectivity index (χ1) is 8.09. The summed E-state index contributed by atoms with van der Waals surface area (Å²) in [6.45, 7) is 0. The van der Waals surface area contributed by atoms with Crippen LogP contribution in [0.3, 0.4) is 0 Å². The number of carbonyl (C=O) groups is 1. The van der Waals surface area contributed by atoms with Crippen molar-refractivity contribution in [2.45, 2.75) is 44.6 Å². The molecule has 2 rings (SSSR count). The summed E-state index contributed by atoms with van der Waals surface area (Å²) in [4.78, 5) is 10.8. The second-order valence-electron chi connectivity index (χ2n) is 4.71. The van der Waals surface area contributed by atoms with Gasteiger partial charge in [0.2, 0.25) is 0 Å². The molecule has 3 N–H and O–H groups in total. The molecule has 0 saturated carbocycles. The summed E-state index contributed by atoms with van der Waals surface area (Å²) in [6, 6.07) is -0.850. The number of aryl methyl sites for hydroxylation is 1. The molecule has 0 saturated heterocycles. The molecule has 1 atom stereocenters. The van der Waals surface area contributed by atoms with E-state index in [-0.39, 0.29) is 0 Å². The SMILES string of the molecule is Cn1nc(C[C@H](N)C(=O)O)c2c1CCCCC2. The Morgan fingerprint density at radius 3 is 2.88 bits per heavy atom. The van der Waals surface area contributed by atoms with Gasteiger partial charge in [-0.3, -0.25) is 9.48 Å². The van der Waals surface area contributed by atoms with Gasteiger partial charge in [0, 0.05) is 19.2 Å². The van der Waals surface area contributed by atoms with E-state index in [1.165, 1.54) is 24.1 Å². The van der Waals surface area contributed by atoms with E-state index in [1.807, 2.05) is 11.7 Å². The van der Waals surface area contributed by atoms with Gasteiger partial charge >= 0.3 is 5.97 Å². The van der Waals surface area contributed by atoms with Gasteiger partial charge in [-0.25, -0.2) is 0 Å². The maximum absolute atomic E-state index is 10.8. The van der Waals surface area contributed by atoms with E-state index in [9.17, 15) is 4.79 Å². The molecule has 0 spiro atoms. The average Bonchev–Trinajstić information content (AvgIpc) is 2.49. The number of carboxylic acids is 1. The Morgan fingerprint density at radius 2 is 2.18 bits per heavy atom.